The van der Waals surface area contributed by atoms with E-state index in [9.17, 15) is 14.7 Å². The SMILES string of the molecule is O=C(O)[C@@H]1[C@@H](C(=O)Nc2cccc3c(-c4ccccc4)ccnc23)[C@H]2C=C[C@H]1C2. The molecule has 1 amide bonds. The minimum absolute atomic E-state index is 0.0103. The molecule has 5 heteroatoms. The Bertz CT molecular complexity index is 1140. The number of amides is 1. The van der Waals surface area contributed by atoms with Crippen LogP contribution in [0.15, 0.2) is 72.9 Å². The molecule has 0 saturated heterocycles. The Balaban J connectivity index is 1.51. The van der Waals surface area contributed by atoms with Gasteiger partial charge < -0.3 is 10.4 Å². The van der Waals surface area contributed by atoms with E-state index in [4.69, 9.17) is 0 Å². The van der Waals surface area contributed by atoms with Gasteiger partial charge in [0.2, 0.25) is 5.91 Å². The zero-order valence-electron chi connectivity index (χ0n) is 15.7. The Labute approximate surface area is 168 Å². The van der Waals surface area contributed by atoms with Crippen LogP contribution in [0.4, 0.5) is 5.69 Å². The summed E-state index contributed by atoms with van der Waals surface area (Å²) in [6.45, 7) is 0. The molecule has 0 spiro atoms. The molecular formula is C24H20N2O3. The number of carboxylic acids is 1. The number of para-hydroxylation sites is 1. The third-order valence-electron chi connectivity index (χ3n) is 6.16. The molecule has 2 aromatic carbocycles. The first-order chi connectivity index (χ1) is 14.1. The van der Waals surface area contributed by atoms with E-state index in [1.165, 1.54) is 0 Å². The maximum absolute atomic E-state index is 13.1. The molecule has 0 aliphatic heterocycles. The standard InChI is InChI=1S/C24H20N2O3/c27-23(20-15-9-10-16(13-15)21(20)24(28)29)26-19-8-4-7-18-17(11-12-25-22(18)19)14-5-2-1-3-6-14/h1-12,15-16,20-21H,13H2,(H,26,27)(H,28,29)/t15-,16-,20-,21-/m0/s1. The van der Waals surface area contributed by atoms with Gasteiger partial charge in [0.1, 0.15) is 0 Å². The van der Waals surface area contributed by atoms with Gasteiger partial charge in [-0.3, -0.25) is 14.6 Å². The average molecular weight is 384 g/mol. The van der Waals surface area contributed by atoms with Gasteiger partial charge in [-0.2, -0.15) is 0 Å². The van der Waals surface area contributed by atoms with E-state index in [2.05, 4.69) is 10.3 Å². The number of nitrogens with zero attached hydrogens (tertiary/aromatic N) is 1. The number of nitrogens with one attached hydrogen (secondary N) is 1. The Hall–Kier alpha value is -3.47. The molecule has 1 fully saturated rings. The highest BCUT2D eigenvalue weighted by Gasteiger charge is 2.51. The Kier molecular flexibility index (Phi) is 4.16. The Morgan fingerprint density at radius 2 is 1.69 bits per heavy atom. The summed E-state index contributed by atoms with van der Waals surface area (Å²) in [5, 5.41) is 13.5. The smallest absolute Gasteiger partial charge is 0.307 e. The summed E-state index contributed by atoms with van der Waals surface area (Å²) in [5.74, 6) is -2.41. The van der Waals surface area contributed by atoms with Crippen LogP contribution in [0.25, 0.3) is 22.0 Å². The van der Waals surface area contributed by atoms with Gasteiger partial charge in [0.05, 0.1) is 23.0 Å². The van der Waals surface area contributed by atoms with E-state index in [-0.39, 0.29) is 17.7 Å². The fraction of sp³-hybridized carbons (Fsp3) is 0.208. The molecular weight excluding hydrogens is 364 g/mol. The predicted octanol–water partition coefficient (Wildman–Crippen LogP) is 4.36. The van der Waals surface area contributed by atoms with Crippen LogP contribution >= 0.6 is 0 Å². The number of carbonyl (C=O) groups is 2. The molecule has 2 N–H and O–H groups in total. The summed E-state index contributed by atoms with van der Waals surface area (Å²) in [7, 11) is 0. The van der Waals surface area contributed by atoms with Crippen LogP contribution in [-0.4, -0.2) is 22.0 Å². The molecule has 0 radical (unpaired) electrons. The lowest BCUT2D eigenvalue weighted by atomic mass is 9.82. The number of aliphatic carboxylic acids is 1. The maximum Gasteiger partial charge on any atom is 0.307 e. The molecule has 1 saturated carbocycles. The van der Waals surface area contributed by atoms with Crippen molar-refractivity contribution in [2.24, 2.45) is 23.7 Å². The van der Waals surface area contributed by atoms with Crippen LogP contribution < -0.4 is 5.32 Å². The number of carboxylic acid groups (broad SMARTS) is 1. The number of pyridine rings is 1. The first-order valence-corrected chi connectivity index (χ1v) is 9.78. The molecule has 2 aliphatic carbocycles. The van der Waals surface area contributed by atoms with Gasteiger partial charge in [-0.15, -0.1) is 0 Å². The molecule has 4 atom stereocenters. The molecule has 1 aromatic heterocycles. The Morgan fingerprint density at radius 1 is 0.931 bits per heavy atom. The summed E-state index contributed by atoms with van der Waals surface area (Å²) in [5.41, 5.74) is 3.43. The van der Waals surface area contributed by atoms with Gasteiger partial charge >= 0.3 is 5.97 Å². The highest BCUT2D eigenvalue weighted by Crippen LogP contribution is 2.48. The van der Waals surface area contributed by atoms with Crippen molar-refractivity contribution in [1.29, 1.82) is 0 Å². The topological polar surface area (TPSA) is 79.3 Å². The van der Waals surface area contributed by atoms with Crippen LogP contribution in [0.5, 0.6) is 0 Å². The normalized spacial score (nSPS) is 24.7. The fourth-order valence-electron chi connectivity index (χ4n) is 4.88. The van der Waals surface area contributed by atoms with Gasteiger partial charge in [0, 0.05) is 11.6 Å². The Morgan fingerprint density at radius 3 is 2.45 bits per heavy atom. The second-order valence-electron chi connectivity index (χ2n) is 7.75. The van der Waals surface area contributed by atoms with Gasteiger partial charge in [-0.25, -0.2) is 0 Å². The molecule has 1 heterocycles. The van der Waals surface area contributed by atoms with Crippen molar-refractivity contribution in [3.63, 3.8) is 0 Å². The monoisotopic (exact) mass is 384 g/mol. The number of aromatic nitrogens is 1. The predicted molar refractivity (Wildman–Crippen MR) is 111 cm³/mol. The van der Waals surface area contributed by atoms with E-state index in [0.29, 0.717) is 11.2 Å². The van der Waals surface area contributed by atoms with Crippen molar-refractivity contribution in [2.75, 3.05) is 5.32 Å². The van der Waals surface area contributed by atoms with E-state index in [1.54, 1.807) is 6.20 Å². The van der Waals surface area contributed by atoms with Crippen molar-refractivity contribution >= 4 is 28.5 Å². The van der Waals surface area contributed by atoms with Crippen LogP contribution in [-0.2, 0) is 9.59 Å². The van der Waals surface area contributed by atoms with Gasteiger partial charge in [0.15, 0.2) is 0 Å². The van der Waals surface area contributed by atoms with Crippen LogP contribution in [0.3, 0.4) is 0 Å². The molecule has 2 aliphatic rings. The second-order valence-corrected chi connectivity index (χ2v) is 7.75. The molecule has 5 nitrogen and oxygen atoms in total. The molecule has 2 bridgehead atoms. The number of anilines is 1. The molecule has 5 rings (SSSR count). The number of allylic oxidation sites excluding steroid dienone is 2. The molecule has 29 heavy (non-hydrogen) atoms. The number of rotatable bonds is 4. The van der Waals surface area contributed by atoms with Crippen molar-refractivity contribution in [1.82, 2.24) is 4.98 Å². The lowest BCUT2D eigenvalue weighted by Crippen LogP contribution is -2.36. The molecule has 0 unspecified atom stereocenters. The van der Waals surface area contributed by atoms with E-state index < -0.39 is 17.8 Å². The largest absolute Gasteiger partial charge is 0.481 e. The van der Waals surface area contributed by atoms with Crippen molar-refractivity contribution in [3.8, 4) is 11.1 Å². The van der Waals surface area contributed by atoms with E-state index >= 15 is 0 Å². The zero-order chi connectivity index (χ0) is 20.0. The van der Waals surface area contributed by atoms with Crippen molar-refractivity contribution in [3.05, 3.63) is 72.9 Å². The van der Waals surface area contributed by atoms with Crippen molar-refractivity contribution in [2.45, 2.75) is 6.42 Å². The van der Waals surface area contributed by atoms with Gasteiger partial charge in [-0.05, 0) is 41.5 Å². The minimum atomic E-state index is -0.899. The summed E-state index contributed by atoms with van der Waals surface area (Å²) < 4.78 is 0. The van der Waals surface area contributed by atoms with Crippen molar-refractivity contribution < 1.29 is 14.7 Å². The minimum Gasteiger partial charge on any atom is -0.481 e. The van der Waals surface area contributed by atoms with E-state index in [0.717, 1.165) is 22.9 Å². The zero-order valence-corrected chi connectivity index (χ0v) is 15.7. The van der Waals surface area contributed by atoms with Gasteiger partial charge in [0.25, 0.3) is 0 Å². The number of benzene rings is 2. The third kappa shape index (κ3) is 2.90. The summed E-state index contributed by atoms with van der Waals surface area (Å²) >= 11 is 0. The average Bonchev–Trinajstić information content (AvgIpc) is 3.36. The quantitative estimate of drug-likeness (QED) is 0.655. The first-order valence-electron chi connectivity index (χ1n) is 9.78. The molecule has 3 aromatic rings. The number of carbonyl (C=O) groups excluding carboxylic acids is 1. The number of fused-ring (bicyclic) bond motifs is 3. The molecule has 144 valence electrons. The summed E-state index contributed by atoms with van der Waals surface area (Å²) in [6, 6.07) is 17.7. The third-order valence-corrected chi connectivity index (χ3v) is 6.16. The number of hydrogen-bond donors (Lipinski definition) is 2. The van der Waals surface area contributed by atoms with Gasteiger partial charge in [-0.1, -0.05) is 54.6 Å². The number of hydrogen-bond acceptors (Lipinski definition) is 3. The summed E-state index contributed by atoms with van der Waals surface area (Å²) in [4.78, 5) is 29.3. The van der Waals surface area contributed by atoms with Crippen LogP contribution in [0.2, 0.25) is 0 Å². The van der Waals surface area contributed by atoms with E-state index in [1.807, 2.05) is 66.7 Å². The van der Waals surface area contributed by atoms with Crippen LogP contribution in [0.1, 0.15) is 6.42 Å². The maximum atomic E-state index is 13.1. The fourth-order valence-corrected chi connectivity index (χ4v) is 4.88. The lowest BCUT2D eigenvalue weighted by Gasteiger charge is -2.24. The van der Waals surface area contributed by atoms with Crippen LogP contribution in [0, 0.1) is 23.7 Å². The highest BCUT2D eigenvalue weighted by molar-refractivity contribution is 6.06. The second kappa shape index (κ2) is 6.85. The first kappa shape index (κ1) is 17.6. The summed E-state index contributed by atoms with van der Waals surface area (Å²) in [6.07, 6.45) is 6.41. The highest BCUT2D eigenvalue weighted by atomic mass is 16.4. The lowest BCUT2D eigenvalue weighted by molar-refractivity contribution is -0.146.